The van der Waals surface area contributed by atoms with Crippen LogP contribution in [0.15, 0.2) is 4.99 Å². The Kier molecular flexibility index (Phi) is 6.38. The predicted octanol–water partition coefficient (Wildman–Crippen LogP) is 3.40. The fraction of sp³-hybridized carbons (Fsp3) is 0.938. The molecule has 1 aliphatic carbocycles. The van der Waals surface area contributed by atoms with Gasteiger partial charge < -0.3 is 0 Å². The quantitative estimate of drug-likeness (QED) is 0.570. The standard InChI is InChI=1S/C16H29N2Se/c1-13(2)15(18-11-7-4-8-12-18)16(19)17-14-9-5-3-6-10-14/h13-15H,3-12H2,1-2H3. The molecule has 109 valence electrons. The van der Waals surface area contributed by atoms with Crippen LogP contribution in [0.3, 0.4) is 0 Å². The van der Waals surface area contributed by atoms with E-state index in [1.165, 1.54) is 69.1 Å². The van der Waals surface area contributed by atoms with Crippen molar-refractivity contribution in [1.29, 1.82) is 0 Å². The van der Waals surface area contributed by atoms with Crippen molar-refractivity contribution in [2.75, 3.05) is 13.1 Å². The third-order valence-electron chi connectivity index (χ3n) is 4.55. The predicted molar refractivity (Wildman–Crippen MR) is 84.1 cm³/mol. The molecule has 2 nitrogen and oxygen atoms in total. The van der Waals surface area contributed by atoms with Gasteiger partial charge >= 0.3 is 127 Å². The summed E-state index contributed by atoms with van der Waals surface area (Å²) in [6.45, 7) is 7.20. The van der Waals surface area contributed by atoms with Gasteiger partial charge in [0, 0.05) is 0 Å². The third kappa shape index (κ3) is 4.58. The summed E-state index contributed by atoms with van der Waals surface area (Å²) in [7, 11) is 0. The number of aliphatic imine (C=N–C) groups is 1. The average molecular weight is 328 g/mol. The average Bonchev–Trinajstić information content (AvgIpc) is 2.40. The third-order valence-corrected chi connectivity index (χ3v) is 5.28. The van der Waals surface area contributed by atoms with Crippen LogP contribution < -0.4 is 0 Å². The number of nitrogens with zero attached hydrogens (tertiary/aromatic N) is 2. The zero-order valence-electron chi connectivity index (χ0n) is 12.6. The first kappa shape index (κ1) is 15.5. The van der Waals surface area contributed by atoms with Gasteiger partial charge in [0.05, 0.1) is 0 Å². The molecule has 0 amide bonds. The summed E-state index contributed by atoms with van der Waals surface area (Å²) in [6, 6.07) is 1.12. The normalized spacial score (nSPS) is 25.7. The number of hydrogen-bond acceptors (Lipinski definition) is 2. The molecular weight excluding hydrogens is 299 g/mol. The van der Waals surface area contributed by atoms with E-state index in [9.17, 15) is 0 Å². The first-order chi connectivity index (χ1) is 9.18. The van der Waals surface area contributed by atoms with Crippen LogP contribution in [0.2, 0.25) is 0 Å². The summed E-state index contributed by atoms with van der Waals surface area (Å²) in [6.07, 6.45) is 10.9. The summed E-state index contributed by atoms with van der Waals surface area (Å²) in [4.78, 5) is 7.71. The second kappa shape index (κ2) is 7.81. The summed E-state index contributed by atoms with van der Waals surface area (Å²) >= 11 is 3.31. The molecule has 0 spiro atoms. The van der Waals surface area contributed by atoms with Crippen molar-refractivity contribution in [3.63, 3.8) is 0 Å². The minimum atomic E-state index is 0.530. The Balaban J connectivity index is 2.01. The van der Waals surface area contributed by atoms with Crippen molar-refractivity contribution >= 4 is 20.6 Å². The molecule has 2 fully saturated rings. The Bertz CT molecular complexity index is 289. The van der Waals surface area contributed by atoms with Gasteiger partial charge in [-0.15, -0.1) is 0 Å². The van der Waals surface area contributed by atoms with Crippen molar-refractivity contribution in [2.45, 2.75) is 77.3 Å². The van der Waals surface area contributed by atoms with E-state index < -0.39 is 0 Å². The molecule has 2 aliphatic rings. The summed E-state index contributed by atoms with van der Waals surface area (Å²) in [5, 5.41) is 0. The van der Waals surface area contributed by atoms with Crippen LogP contribution in [0.4, 0.5) is 0 Å². The molecule has 2 rings (SSSR count). The Labute approximate surface area is 127 Å². The summed E-state index contributed by atoms with van der Waals surface area (Å²) in [5.41, 5.74) is 0. The van der Waals surface area contributed by atoms with Crippen LogP contribution in [0.25, 0.3) is 0 Å². The van der Waals surface area contributed by atoms with E-state index in [4.69, 9.17) is 4.99 Å². The van der Waals surface area contributed by atoms with Gasteiger partial charge in [-0.25, -0.2) is 0 Å². The van der Waals surface area contributed by atoms with Gasteiger partial charge in [-0.05, 0) is 0 Å². The molecule has 3 heteroatoms. The van der Waals surface area contributed by atoms with E-state index in [-0.39, 0.29) is 0 Å². The zero-order valence-corrected chi connectivity index (χ0v) is 14.3. The van der Waals surface area contributed by atoms with Gasteiger partial charge in [-0.2, -0.15) is 0 Å². The molecule has 0 aromatic rings. The first-order valence-corrected chi connectivity index (χ1v) is 9.03. The van der Waals surface area contributed by atoms with E-state index in [2.05, 4.69) is 34.8 Å². The maximum atomic E-state index is 5.05. The SMILES string of the molecule is CC(C)C(C([Se])=NC1CCCCC1)N1CCCCC1. The number of piperidine rings is 1. The molecule has 0 N–H and O–H groups in total. The second-order valence-corrected chi connectivity index (χ2v) is 7.42. The van der Waals surface area contributed by atoms with Gasteiger partial charge in [0.15, 0.2) is 0 Å². The second-order valence-electron chi connectivity index (χ2n) is 6.54. The fourth-order valence-corrected chi connectivity index (χ4v) is 4.72. The van der Waals surface area contributed by atoms with Crippen LogP contribution in [-0.2, 0) is 0 Å². The number of hydrogen-bond donors (Lipinski definition) is 0. The molecule has 1 radical (unpaired) electrons. The molecule has 1 atom stereocenters. The van der Waals surface area contributed by atoms with Gasteiger partial charge in [-0.1, -0.05) is 0 Å². The Morgan fingerprint density at radius 3 is 2.16 bits per heavy atom. The van der Waals surface area contributed by atoms with Crippen LogP contribution in [0.1, 0.15) is 65.2 Å². The number of likely N-dealkylation sites (tertiary alicyclic amines) is 1. The van der Waals surface area contributed by atoms with E-state index >= 15 is 0 Å². The van der Waals surface area contributed by atoms with E-state index in [0.717, 1.165) is 0 Å². The van der Waals surface area contributed by atoms with Gasteiger partial charge in [0.2, 0.25) is 0 Å². The van der Waals surface area contributed by atoms with E-state index in [1.54, 1.807) is 0 Å². The molecular formula is C16H29N2Se. The van der Waals surface area contributed by atoms with Crippen LogP contribution in [0.5, 0.6) is 0 Å². The Morgan fingerprint density at radius 2 is 1.58 bits per heavy atom. The molecule has 0 aromatic carbocycles. The molecule has 1 heterocycles. The monoisotopic (exact) mass is 329 g/mol. The Morgan fingerprint density at radius 1 is 1.00 bits per heavy atom. The van der Waals surface area contributed by atoms with Gasteiger partial charge in [0.1, 0.15) is 0 Å². The van der Waals surface area contributed by atoms with Crippen molar-refractivity contribution in [1.82, 2.24) is 4.90 Å². The van der Waals surface area contributed by atoms with Gasteiger partial charge in [-0.3, -0.25) is 0 Å². The molecule has 1 saturated heterocycles. The molecule has 19 heavy (non-hydrogen) atoms. The van der Waals surface area contributed by atoms with Crippen molar-refractivity contribution in [3.8, 4) is 0 Å². The molecule has 1 saturated carbocycles. The minimum absolute atomic E-state index is 0.530. The van der Waals surface area contributed by atoms with E-state index in [1.807, 2.05) is 0 Å². The topological polar surface area (TPSA) is 15.6 Å². The van der Waals surface area contributed by atoms with Crippen molar-refractivity contribution in [2.24, 2.45) is 10.9 Å². The first-order valence-electron chi connectivity index (χ1n) is 8.17. The van der Waals surface area contributed by atoms with Crippen molar-refractivity contribution < 1.29 is 0 Å². The van der Waals surface area contributed by atoms with Crippen molar-refractivity contribution in [3.05, 3.63) is 0 Å². The molecule has 0 bridgehead atoms. The summed E-state index contributed by atoms with van der Waals surface area (Å²) < 4.78 is 1.28. The molecule has 0 aromatic heterocycles. The summed E-state index contributed by atoms with van der Waals surface area (Å²) in [5.74, 6) is 0.654. The van der Waals surface area contributed by atoms with E-state index in [0.29, 0.717) is 18.0 Å². The Hall–Kier alpha value is 0.149. The number of rotatable bonds is 4. The van der Waals surface area contributed by atoms with Crippen LogP contribution in [0, 0.1) is 5.92 Å². The fourth-order valence-electron chi connectivity index (χ4n) is 3.53. The van der Waals surface area contributed by atoms with Crippen LogP contribution in [-0.4, -0.2) is 50.7 Å². The van der Waals surface area contributed by atoms with Gasteiger partial charge in [0.25, 0.3) is 0 Å². The molecule has 1 aliphatic heterocycles. The zero-order chi connectivity index (χ0) is 13.7. The molecule has 1 unspecified atom stereocenters. The van der Waals surface area contributed by atoms with Crippen LogP contribution >= 0.6 is 0 Å². The maximum absolute atomic E-state index is 5.05.